The lowest BCUT2D eigenvalue weighted by Gasteiger charge is -2.19. The number of methoxy groups -OCH3 is 1. The van der Waals surface area contributed by atoms with Gasteiger partial charge in [-0.25, -0.2) is 18.0 Å². The van der Waals surface area contributed by atoms with Crippen molar-refractivity contribution in [2.45, 2.75) is 37.6 Å². The van der Waals surface area contributed by atoms with Crippen molar-refractivity contribution in [2.75, 3.05) is 18.6 Å². The Morgan fingerprint density at radius 3 is 2.30 bits per heavy atom. The number of imide groups is 1. The van der Waals surface area contributed by atoms with Gasteiger partial charge in [-0.05, 0) is 44.2 Å². The van der Waals surface area contributed by atoms with Crippen LogP contribution >= 0.6 is 0 Å². The van der Waals surface area contributed by atoms with Crippen molar-refractivity contribution >= 4 is 27.5 Å². The van der Waals surface area contributed by atoms with Gasteiger partial charge in [0.2, 0.25) is 21.8 Å². The molecule has 1 aliphatic rings. The van der Waals surface area contributed by atoms with E-state index in [2.05, 4.69) is 4.72 Å². The SMILES string of the molecule is COc1ccc(S(=O)(=O)N[C@H](C)COc2ccc(C)cc2)cc1N1C(=O)CCC1=O. The minimum atomic E-state index is -3.92. The van der Waals surface area contributed by atoms with E-state index in [0.29, 0.717) is 5.75 Å². The van der Waals surface area contributed by atoms with Gasteiger partial charge >= 0.3 is 0 Å². The zero-order valence-corrected chi connectivity index (χ0v) is 17.9. The van der Waals surface area contributed by atoms with E-state index in [1.54, 1.807) is 6.92 Å². The Labute approximate surface area is 175 Å². The lowest BCUT2D eigenvalue weighted by atomic mass is 10.2. The molecule has 8 nitrogen and oxygen atoms in total. The number of benzene rings is 2. The second-order valence-corrected chi connectivity index (χ2v) is 8.82. The van der Waals surface area contributed by atoms with Crippen molar-refractivity contribution in [2.24, 2.45) is 0 Å². The normalized spacial score (nSPS) is 15.4. The summed E-state index contributed by atoms with van der Waals surface area (Å²) in [4.78, 5) is 25.1. The third-order valence-corrected chi connectivity index (χ3v) is 6.22. The number of amides is 2. The molecule has 0 radical (unpaired) electrons. The number of rotatable bonds is 8. The molecule has 2 amide bonds. The maximum absolute atomic E-state index is 12.8. The fraction of sp³-hybridized carbons (Fsp3) is 0.333. The maximum atomic E-state index is 12.8. The molecular weight excluding hydrogens is 408 g/mol. The molecule has 1 saturated heterocycles. The molecule has 1 aliphatic heterocycles. The molecule has 1 fully saturated rings. The van der Waals surface area contributed by atoms with Crippen molar-refractivity contribution in [3.05, 3.63) is 48.0 Å². The highest BCUT2D eigenvalue weighted by Crippen LogP contribution is 2.34. The van der Waals surface area contributed by atoms with E-state index in [9.17, 15) is 18.0 Å². The lowest BCUT2D eigenvalue weighted by molar-refractivity contribution is -0.121. The van der Waals surface area contributed by atoms with Gasteiger partial charge in [-0.3, -0.25) is 9.59 Å². The molecular formula is C21H24N2O6S. The first kappa shape index (κ1) is 21.8. The van der Waals surface area contributed by atoms with Crippen LogP contribution in [0, 0.1) is 6.92 Å². The standard InChI is InChI=1S/C21H24N2O6S/c1-14-4-6-16(7-5-14)29-13-15(2)22-30(26,27)17-8-9-19(28-3)18(12-17)23-20(24)10-11-21(23)25/h4-9,12,15,22H,10-11,13H2,1-3H3/t15-/m1/s1. The molecule has 0 spiro atoms. The summed E-state index contributed by atoms with van der Waals surface area (Å²) < 4.78 is 39.1. The first-order valence-corrected chi connectivity index (χ1v) is 10.9. The largest absolute Gasteiger partial charge is 0.495 e. The van der Waals surface area contributed by atoms with E-state index >= 15 is 0 Å². The van der Waals surface area contributed by atoms with Gasteiger partial charge in [-0.1, -0.05) is 17.7 Å². The zero-order chi connectivity index (χ0) is 21.9. The number of aryl methyl sites for hydroxylation is 1. The molecule has 1 N–H and O–H groups in total. The molecule has 0 unspecified atom stereocenters. The summed E-state index contributed by atoms with van der Waals surface area (Å²) in [7, 11) is -2.53. The van der Waals surface area contributed by atoms with Gasteiger partial charge in [0.1, 0.15) is 18.1 Å². The Hall–Kier alpha value is -2.91. The van der Waals surface area contributed by atoms with Crippen molar-refractivity contribution < 1.29 is 27.5 Å². The Bertz CT molecular complexity index is 1030. The molecule has 2 aromatic rings. The van der Waals surface area contributed by atoms with Crippen LogP contribution < -0.4 is 19.1 Å². The monoisotopic (exact) mass is 432 g/mol. The second kappa shape index (κ2) is 8.85. The Morgan fingerprint density at radius 1 is 1.07 bits per heavy atom. The molecule has 2 aromatic carbocycles. The van der Waals surface area contributed by atoms with Crippen molar-refractivity contribution in [3.63, 3.8) is 0 Å². The highest BCUT2D eigenvalue weighted by atomic mass is 32.2. The summed E-state index contributed by atoms with van der Waals surface area (Å²) in [5, 5.41) is 0. The predicted octanol–water partition coefficient (Wildman–Crippen LogP) is 2.40. The van der Waals surface area contributed by atoms with Crippen LogP contribution in [0.2, 0.25) is 0 Å². The van der Waals surface area contributed by atoms with E-state index in [1.165, 1.54) is 25.3 Å². The fourth-order valence-electron chi connectivity index (χ4n) is 3.08. The van der Waals surface area contributed by atoms with Crippen LogP contribution in [0.5, 0.6) is 11.5 Å². The molecule has 3 rings (SSSR count). The lowest BCUT2D eigenvalue weighted by Crippen LogP contribution is -2.37. The quantitative estimate of drug-likeness (QED) is 0.643. The Balaban J connectivity index is 1.76. The number of carbonyl (C=O) groups excluding carboxylic acids is 2. The summed E-state index contributed by atoms with van der Waals surface area (Å²) in [5.41, 5.74) is 1.22. The van der Waals surface area contributed by atoms with Gasteiger partial charge in [-0.2, -0.15) is 0 Å². The van der Waals surface area contributed by atoms with Crippen molar-refractivity contribution in [1.29, 1.82) is 0 Å². The average molecular weight is 432 g/mol. The molecule has 1 heterocycles. The highest BCUT2D eigenvalue weighted by molar-refractivity contribution is 7.89. The number of carbonyl (C=O) groups is 2. The second-order valence-electron chi connectivity index (χ2n) is 7.10. The highest BCUT2D eigenvalue weighted by Gasteiger charge is 2.33. The van der Waals surface area contributed by atoms with Gasteiger partial charge in [0.25, 0.3) is 0 Å². The topological polar surface area (TPSA) is 102 Å². The van der Waals surface area contributed by atoms with Crippen LogP contribution in [0.25, 0.3) is 0 Å². The molecule has 160 valence electrons. The van der Waals surface area contributed by atoms with Crippen LogP contribution in [0.3, 0.4) is 0 Å². The fourth-order valence-corrected chi connectivity index (χ4v) is 4.33. The minimum Gasteiger partial charge on any atom is -0.495 e. The van der Waals surface area contributed by atoms with Gasteiger partial charge in [0, 0.05) is 12.8 Å². The number of anilines is 1. The number of nitrogens with one attached hydrogen (secondary N) is 1. The number of sulfonamides is 1. The molecule has 1 atom stereocenters. The molecule has 9 heteroatoms. The zero-order valence-electron chi connectivity index (χ0n) is 17.0. The van der Waals surface area contributed by atoms with Crippen LogP contribution in [-0.4, -0.2) is 40.0 Å². The predicted molar refractivity (Wildman–Crippen MR) is 111 cm³/mol. The minimum absolute atomic E-state index is 0.0759. The smallest absolute Gasteiger partial charge is 0.241 e. The van der Waals surface area contributed by atoms with Crippen molar-refractivity contribution in [3.8, 4) is 11.5 Å². The molecule has 0 aliphatic carbocycles. The molecule has 0 bridgehead atoms. The van der Waals surface area contributed by atoms with Crippen LogP contribution in [0.4, 0.5) is 5.69 Å². The number of ether oxygens (including phenoxy) is 2. The van der Waals surface area contributed by atoms with E-state index < -0.39 is 16.1 Å². The number of hydrogen-bond donors (Lipinski definition) is 1. The number of nitrogens with zero attached hydrogens (tertiary/aromatic N) is 1. The maximum Gasteiger partial charge on any atom is 0.241 e. The van der Waals surface area contributed by atoms with Crippen LogP contribution in [0.1, 0.15) is 25.3 Å². The van der Waals surface area contributed by atoms with Gasteiger partial charge in [-0.15, -0.1) is 0 Å². The Kier molecular flexibility index (Phi) is 6.42. The summed E-state index contributed by atoms with van der Waals surface area (Å²) in [6, 6.07) is 11.0. The first-order chi connectivity index (χ1) is 14.2. The third-order valence-electron chi connectivity index (χ3n) is 4.63. The summed E-state index contributed by atoms with van der Waals surface area (Å²) >= 11 is 0. The Morgan fingerprint density at radius 2 is 1.70 bits per heavy atom. The van der Waals surface area contributed by atoms with Crippen LogP contribution in [-0.2, 0) is 19.6 Å². The first-order valence-electron chi connectivity index (χ1n) is 9.47. The van der Waals surface area contributed by atoms with Crippen LogP contribution in [0.15, 0.2) is 47.4 Å². The average Bonchev–Trinajstić information content (AvgIpc) is 3.04. The van der Waals surface area contributed by atoms with E-state index in [-0.39, 0.29) is 47.6 Å². The summed E-state index contributed by atoms with van der Waals surface area (Å²) in [5.74, 6) is 0.110. The molecule has 0 saturated carbocycles. The molecule has 0 aromatic heterocycles. The molecule has 30 heavy (non-hydrogen) atoms. The van der Waals surface area contributed by atoms with E-state index in [1.807, 2.05) is 31.2 Å². The van der Waals surface area contributed by atoms with E-state index in [4.69, 9.17) is 9.47 Å². The third kappa shape index (κ3) is 4.80. The van der Waals surface area contributed by atoms with Gasteiger partial charge in [0.15, 0.2) is 0 Å². The van der Waals surface area contributed by atoms with Gasteiger partial charge in [0.05, 0.1) is 23.7 Å². The summed E-state index contributed by atoms with van der Waals surface area (Å²) in [6.07, 6.45) is 0.176. The summed E-state index contributed by atoms with van der Waals surface area (Å²) in [6.45, 7) is 3.78. The van der Waals surface area contributed by atoms with Gasteiger partial charge < -0.3 is 9.47 Å². The van der Waals surface area contributed by atoms with E-state index in [0.717, 1.165) is 10.5 Å². The van der Waals surface area contributed by atoms with Crippen molar-refractivity contribution in [1.82, 2.24) is 4.72 Å². The number of hydrogen-bond acceptors (Lipinski definition) is 6.